The topological polar surface area (TPSA) is 36.1 Å². The van der Waals surface area contributed by atoms with Gasteiger partial charge in [0.1, 0.15) is 0 Å². The third-order valence-electron chi connectivity index (χ3n) is 6.03. The predicted octanol–water partition coefficient (Wildman–Crippen LogP) is 5.02. The molecule has 3 nitrogen and oxygen atoms in total. The van der Waals surface area contributed by atoms with Gasteiger partial charge in [0, 0.05) is 36.6 Å². The largest absolute Gasteiger partial charge is 0.361 e. The van der Waals surface area contributed by atoms with E-state index in [1.54, 1.807) is 0 Å². The smallest absolute Gasteiger partial charge is 0.223 e. The molecule has 0 aliphatic carbocycles. The molecular weight excluding hydrogens is 336 g/mol. The first-order valence-electron chi connectivity index (χ1n) is 9.83. The summed E-state index contributed by atoms with van der Waals surface area (Å²) in [5.41, 5.74) is 2.47. The van der Waals surface area contributed by atoms with Gasteiger partial charge in [-0.2, -0.15) is 0 Å². The van der Waals surface area contributed by atoms with E-state index in [0.717, 1.165) is 25.9 Å². The lowest BCUT2D eigenvalue weighted by Gasteiger charge is -2.41. The maximum Gasteiger partial charge on any atom is 0.223 e. The van der Waals surface area contributed by atoms with Crippen LogP contribution in [0.15, 0.2) is 42.2 Å². The van der Waals surface area contributed by atoms with E-state index in [-0.39, 0.29) is 0 Å². The number of carbonyl (C=O) groups excluding carboxylic acids is 1. The third-order valence-corrected chi connectivity index (χ3v) is 8.33. The number of H-pyrrole nitrogens is 1. The van der Waals surface area contributed by atoms with Crippen LogP contribution in [0.5, 0.6) is 0 Å². The standard InChI is InChI=1S/C22H32N2OSi/c1-6-17-15-24(22(25)13-20(17)16(2)26(3,4)5)12-11-18-14-23-21-10-8-7-9-19(18)21/h7-10,14,17,20,23H,2,6,11-13,15H2,1,3-5H3/t17-,20+/m0/s1. The van der Waals surface area contributed by atoms with E-state index in [4.69, 9.17) is 0 Å². The van der Waals surface area contributed by atoms with E-state index >= 15 is 0 Å². The first kappa shape index (κ1) is 19.0. The van der Waals surface area contributed by atoms with Crippen molar-refractivity contribution in [1.29, 1.82) is 0 Å². The molecule has 1 amide bonds. The molecule has 0 saturated carbocycles. The fourth-order valence-electron chi connectivity index (χ4n) is 4.18. The zero-order chi connectivity index (χ0) is 18.9. The first-order valence-corrected chi connectivity index (χ1v) is 13.3. The number of allylic oxidation sites excluding steroid dienone is 1. The van der Waals surface area contributed by atoms with Crippen molar-refractivity contribution in [2.24, 2.45) is 11.8 Å². The van der Waals surface area contributed by atoms with E-state index in [9.17, 15) is 4.79 Å². The fourth-order valence-corrected chi connectivity index (χ4v) is 5.63. The molecular formula is C22H32N2OSi. The molecule has 2 aromatic rings. The van der Waals surface area contributed by atoms with Crippen molar-refractivity contribution in [3.05, 3.63) is 47.8 Å². The Morgan fingerprint density at radius 1 is 1.31 bits per heavy atom. The molecule has 2 heterocycles. The highest BCUT2D eigenvalue weighted by Crippen LogP contribution is 2.36. The van der Waals surface area contributed by atoms with Crippen LogP contribution in [0.2, 0.25) is 19.6 Å². The minimum absolute atomic E-state index is 0.305. The van der Waals surface area contributed by atoms with E-state index in [2.05, 4.69) is 67.4 Å². The molecule has 1 saturated heterocycles. The summed E-state index contributed by atoms with van der Waals surface area (Å²) in [7, 11) is -1.42. The maximum absolute atomic E-state index is 12.8. The van der Waals surface area contributed by atoms with Gasteiger partial charge in [-0.15, -0.1) is 6.58 Å². The molecule has 4 heteroatoms. The minimum atomic E-state index is -1.42. The number of rotatable bonds is 6. The Bertz CT molecular complexity index is 802. The first-order chi connectivity index (χ1) is 12.3. The number of hydrogen-bond acceptors (Lipinski definition) is 1. The number of nitrogens with zero attached hydrogens (tertiary/aromatic N) is 1. The maximum atomic E-state index is 12.8. The van der Waals surface area contributed by atoms with Crippen LogP contribution in [-0.2, 0) is 11.2 Å². The van der Waals surface area contributed by atoms with Gasteiger partial charge in [0.15, 0.2) is 0 Å². The van der Waals surface area contributed by atoms with Crippen molar-refractivity contribution in [2.45, 2.75) is 45.8 Å². The summed E-state index contributed by atoms with van der Waals surface area (Å²) in [4.78, 5) is 18.2. The molecule has 26 heavy (non-hydrogen) atoms. The van der Waals surface area contributed by atoms with Gasteiger partial charge in [-0.25, -0.2) is 0 Å². The van der Waals surface area contributed by atoms with Crippen molar-refractivity contribution >= 4 is 24.9 Å². The van der Waals surface area contributed by atoms with E-state index in [1.165, 1.54) is 21.7 Å². The summed E-state index contributed by atoms with van der Waals surface area (Å²) in [6.07, 6.45) is 4.76. The third kappa shape index (κ3) is 3.80. The van der Waals surface area contributed by atoms with Gasteiger partial charge >= 0.3 is 0 Å². The number of amides is 1. The van der Waals surface area contributed by atoms with Crippen LogP contribution in [0.3, 0.4) is 0 Å². The molecule has 0 unspecified atom stereocenters. The Labute approximate surface area is 158 Å². The number of aromatic nitrogens is 1. The zero-order valence-corrected chi connectivity index (χ0v) is 17.6. The van der Waals surface area contributed by atoms with Gasteiger partial charge in [0.05, 0.1) is 8.07 Å². The van der Waals surface area contributed by atoms with E-state index in [1.807, 2.05) is 6.07 Å². The molecule has 1 aliphatic heterocycles. The summed E-state index contributed by atoms with van der Waals surface area (Å²) >= 11 is 0. The van der Waals surface area contributed by atoms with Crippen molar-refractivity contribution < 1.29 is 4.79 Å². The molecule has 1 aromatic carbocycles. The molecule has 1 aliphatic rings. The van der Waals surface area contributed by atoms with Gasteiger partial charge in [-0.3, -0.25) is 4.79 Å². The van der Waals surface area contributed by atoms with Gasteiger partial charge in [-0.1, -0.05) is 56.4 Å². The van der Waals surface area contributed by atoms with Gasteiger partial charge in [-0.05, 0) is 29.9 Å². The molecule has 2 atom stereocenters. The molecule has 1 N–H and O–H groups in total. The molecule has 140 valence electrons. The number of hydrogen-bond donors (Lipinski definition) is 1. The lowest BCUT2D eigenvalue weighted by molar-refractivity contribution is -0.136. The van der Waals surface area contributed by atoms with Crippen LogP contribution < -0.4 is 0 Å². The quantitative estimate of drug-likeness (QED) is 0.714. The number of para-hydroxylation sites is 1. The summed E-state index contributed by atoms with van der Waals surface area (Å²) in [5.74, 6) is 1.23. The Morgan fingerprint density at radius 3 is 2.73 bits per heavy atom. The number of nitrogens with one attached hydrogen (secondary N) is 1. The lowest BCUT2D eigenvalue weighted by atomic mass is 9.83. The minimum Gasteiger partial charge on any atom is -0.361 e. The number of benzene rings is 1. The molecule has 0 bridgehead atoms. The fraction of sp³-hybridized carbons (Fsp3) is 0.500. The number of fused-ring (bicyclic) bond motifs is 1. The summed E-state index contributed by atoms with van der Waals surface area (Å²) < 4.78 is 0. The Hall–Kier alpha value is -1.81. The molecule has 0 spiro atoms. The van der Waals surface area contributed by atoms with Crippen LogP contribution in [0.1, 0.15) is 25.3 Å². The normalized spacial score (nSPS) is 21.4. The highest BCUT2D eigenvalue weighted by Gasteiger charge is 2.37. The lowest BCUT2D eigenvalue weighted by Crippen LogP contribution is -2.47. The predicted molar refractivity (Wildman–Crippen MR) is 113 cm³/mol. The Balaban J connectivity index is 1.68. The van der Waals surface area contributed by atoms with Crippen molar-refractivity contribution in [3.63, 3.8) is 0 Å². The average Bonchev–Trinajstić information content (AvgIpc) is 3.02. The van der Waals surface area contributed by atoms with Crippen molar-refractivity contribution in [2.75, 3.05) is 13.1 Å². The van der Waals surface area contributed by atoms with Crippen molar-refractivity contribution in [1.82, 2.24) is 9.88 Å². The Morgan fingerprint density at radius 2 is 2.04 bits per heavy atom. The van der Waals surface area contributed by atoms with Crippen LogP contribution in [-0.4, -0.2) is 37.0 Å². The second-order valence-corrected chi connectivity index (χ2v) is 13.8. The van der Waals surface area contributed by atoms with Gasteiger partial charge in [0.25, 0.3) is 0 Å². The summed E-state index contributed by atoms with van der Waals surface area (Å²) in [5, 5.41) is 2.64. The molecule has 0 radical (unpaired) electrons. The molecule has 1 fully saturated rings. The number of piperidine rings is 1. The molecule has 1 aromatic heterocycles. The van der Waals surface area contributed by atoms with Crippen LogP contribution in [0.4, 0.5) is 0 Å². The van der Waals surface area contributed by atoms with Crippen LogP contribution in [0.25, 0.3) is 10.9 Å². The zero-order valence-electron chi connectivity index (χ0n) is 16.6. The highest BCUT2D eigenvalue weighted by molar-refractivity contribution is 6.83. The second-order valence-electron chi connectivity index (χ2n) is 8.70. The number of likely N-dealkylation sites (tertiary alicyclic amines) is 1. The monoisotopic (exact) mass is 368 g/mol. The van der Waals surface area contributed by atoms with E-state index < -0.39 is 8.07 Å². The summed E-state index contributed by atoms with van der Waals surface area (Å²) in [6, 6.07) is 8.38. The van der Waals surface area contributed by atoms with Gasteiger partial charge < -0.3 is 9.88 Å². The number of aromatic amines is 1. The summed E-state index contributed by atoms with van der Waals surface area (Å²) in [6.45, 7) is 15.4. The number of carbonyl (C=O) groups is 1. The van der Waals surface area contributed by atoms with Gasteiger partial charge in [0.2, 0.25) is 5.91 Å². The Kier molecular flexibility index (Phi) is 5.42. The van der Waals surface area contributed by atoms with Crippen LogP contribution >= 0.6 is 0 Å². The van der Waals surface area contributed by atoms with E-state index in [0.29, 0.717) is 24.2 Å². The van der Waals surface area contributed by atoms with Crippen molar-refractivity contribution in [3.8, 4) is 0 Å². The highest BCUT2D eigenvalue weighted by atomic mass is 28.3. The van der Waals surface area contributed by atoms with Crippen LogP contribution in [0, 0.1) is 11.8 Å². The molecule has 3 rings (SSSR count). The second kappa shape index (κ2) is 7.43. The average molecular weight is 369 g/mol. The SMILES string of the molecule is C=C([C@H]1CC(=O)N(CCc2c[nH]c3ccccc23)C[C@@H]1CC)[Si](C)(C)C.